The molecule has 2 fully saturated rings. The predicted octanol–water partition coefficient (Wildman–Crippen LogP) is 1.95. The van der Waals surface area contributed by atoms with Crippen molar-refractivity contribution in [3.05, 3.63) is 0 Å². The molecule has 2 aliphatic heterocycles. The molecular formula is C11H21NO. The minimum atomic E-state index is 0.352. The minimum absolute atomic E-state index is 0.352. The van der Waals surface area contributed by atoms with Gasteiger partial charge in [0.15, 0.2) is 0 Å². The molecule has 0 aromatic carbocycles. The first kappa shape index (κ1) is 9.47. The molecule has 0 radical (unpaired) electrons. The molecule has 1 N–H and O–H groups in total. The van der Waals surface area contributed by atoms with Crippen molar-refractivity contribution < 1.29 is 4.74 Å². The average Bonchev–Trinajstić information content (AvgIpc) is 2.20. The molecule has 2 atom stereocenters. The van der Waals surface area contributed by atoms with Crippen LogP contribution in [0.5, 0.6) is 0 Å². The van der Waals surface area contributed by atoms with Crippen LogP contribution < -0.4 is 5.32 Å². The maximum atomic E-state index is 5.63. The van der Waals surface area contributed by atoms with Crippen LogP contribution in [0, 0.1) is 5.92 Å². The van der Waals surface area contributed by atoms with E-state index >= 15 is 0 Å². The third kappa shape index (κ3) is 1.75. The molecule has 0 saturated carbocycles. The molecule has 0 aromatic heterocycles. The van der Waals surface area contributed by atoms with Crippen molar-refractivity contribution in [2.24, 2.45) is 5.92 Å². The van der Waals surface area contributed by atoms with E-state index in [2.05, 4.69) is 12.2 Å². The second-order valence-corrected chi connectivity index (χ2v) is 4.49. The summed E-state index contributed by atoms with van der Waals surface area (Å²) >= 11 is 0. The molecule has 2 saturated heterocycles. The van der Waals surface area contributed by atoms with Gasteiger partial charge in [0.05, 0.1) is 6.61 Å². The van der Waals surface area contributed by atoms with Crippen LogP contribution in [-0.2, 0) is 4.74 Å². The van der Waals surface area contributed by atoms with Gasteiger partial charge in [-0.25, -0.2) is 0 Å². The van der Waals surface area contributed by atoms with Gasteiger partial charge in [-0.2, -0.15) is 0 Å². The van der Waals surface area contributed by atoms with Crippen LogP contribution >= 0.6 is 0 Å². The fourth-order valence-corrected chi connectivity index (χ4v) is 2.93. The summed E-state index contributed by atoms with van der Waals surface area (Å²) in [6, 6.07) is 0. The Balaban J connectivity index is 2.06. The number of ether oxygens (including phenoxy) is 1. The Kier molecular flexibility index (Phi) is 2.89. The van der Waals surface area contributed by atoms with Crippen molar-refractivity contribution in [3.63, 3.8) is 0 Å². The molecule has 0 aliphatic carbocycles. The molecule has 0 aromatic rings. The lowest BCUT2D eigenvalue weighted by atomic mass is 9.74. The van der Waals surface area contributed by atoms with Crippen LogP contribution in [0.4, 0.5) is 0 Å². The summed E-state index contributed by atoms with van der Waals surface area (Å²) in [4.78, 5) is 0. The Morgan fingerprint density at radius 3 is 3.08 bits per heavy atom. The van der Waals surface area contributed by atoms with Gasteiger partial charge in [0.1, 0.15) is 0 Å². The van der Waals surface area contributed by atoms with Gasteiger partial charge in [0.25, 0.3) is 0 Å². The van der Waals surface area contributed by atoms with Gasteiger partial charge < -0.3 is 10.1 Å². The molecule has 2 aliphatic rings. The number of hydrogen-bond donors (Lipinski definition) is 1. The smallest absolute Gasteiger partial charge is 0.0651 e. The van der Waals surface area contributed by atoms with Crippen LogP contribution in [-0.4, -0.2) is 25.3 Å². The van der Waals surface area contributed by atoms with Gasteiger partial charge in [-0.1, -0.05) is 19.8 Å². The van der Waals surface area contributed by atoms with Gasteiger partial charge in [-0.15, -0.1) is 0 Å². The summed E-state index contributed by atoms with van der Waals surface area (Å²) in [5.41, 5.74) is 0.352. The zero-order valence-electron chi connectivity index (χ0n) is 8.64. The topological polar surface area (TPSA) is 21.3 Å². The highest BCUT2D eigenvalue weighted by Crippen LogP contribution is 2.34. The Morgan fingerprint density at radius 2 is 2.38 bits per heavy atom. The molecule has 76 valence electrons. The quantitative estimate of drug-likeness (QED) is 0.671. The lowest BCUT2D eigenvalue weighted by Crippen LogP contribution is -2.59. The Bertz CT molecular complexity index is 155. The number of rotatable bonds is 1. The van der Waals surface area contributed by atoms with E-state index in [1.165, 1.54) is 38.6 Å². The van der Waals surface area contributed by atoms with E-state index in [4.69, 9.17) is 4.74 Å². The Hall–Kier alpha value is -0.0800. The standard InChI is InChI=1S/C11H21NO/c1-2-10-5-8-13-9-11(10)6-3-4-7-12-11/h10,12H,2-9H2,1H3/t10-,11+/m0/s1. The highest BCUT2D eigenvalue weighted by Gasteiger charge is 2.40. The van der Waals surface area contributed by atoms with Crippen LogP contribution in [0.25, 0.3) is 0 Å². The second-order valence-electron chi connectivity index (χ2n) is 4.49. The first-order valence-electron chi connectivity index (χ1n) is 5.70. The van der Waals surface area contributed by atoms with E-state index in [9.17, 15) is 0 Å². The fraction of sp³-hybridized carbons (Fsp3) is 1.00. The summed E-state index contributed by atoms with van der Waals surface area (Å²) in [5, 5.41) is 3.71. The van der Waals surface area contributed by atoms with Crippen molar-refractivity contribution in [2.75, 3.05) is 19.8 Å². The minimum Gasteiger partial charge on any atom is -0.380 e. The molecule has 2 rings (SSSR count). The molecule has 1 spiro atoms. The Labute approximate surface area is 81.0 Å². The van der Waals surface area contributed by atoms with Crippen LogP contribution in [0.2, 0.25) is 0 Å². The van der Waals surface area contributed by atoms with E-state index in [0.717, 1.165) is 19.1 Å². The van der Waals surface area contributed by atoms with E-state index in [0.29, 0.717) is 5.54 Å². The van der Waals surface area contributed by atoms with Gasteiger partial charge >= 0.3 is 0 Å². The highest BCUT2D eigenvalue weighted by atomic mass is 16.5. The molecule has 0 bridgehead atoms. The van der Waals surface area contributed by atoms with Gasteiger partial charge in [0.2, 0.25) is 0 Å². The second kappa shape index (κ2) is 3.97. The largest absolute Gasteiger partial charge is 0.380 e. The van der Waals surface area contributed by atoms with E-state index < -0.39 is 0 Å². The van der Waals surface area contributed by atoms with Gasteiger partial charge in [-0.3, -0.25) is 0 Å². The van der Waals surface area contributed by atoms with Crippen molar-refractivity contribution in [1.82, 2.24) is 5.32 Å². The van der Waals surface area contributed by atoms with E-state index in [1.54, 1.807) is 0 Å². The van der Waals surface area contributed by atoms with Crippen molar-refractivity contribution in [1.29, 1.82) is 0 Å². The molecule has 2 heteroatoms. The van der Waals surface area contributed by atoms with Crippen LogP contribution in [0.3, 0.4) is 0 Å². The molecule has 0 amide bonds. The summed E-state index contributed by atoms with van der Waals surface area (Å²) in [6.07, 6.45) is 6.61. The molecule has 2 heterocycles. The monoisotopic (exact) mass is 183 g/mol. The summed E-state index contributed by atoms with van der Waals surface area (Å²) < 4.78 is 5.63. The highest BCUT2D eigenvalue weighted by molar-refractivity contribution is 4.98. The van der Waals surface area contributed by atoms with Crippen molar-refractivity contribution in [2.45, 2.75) is 44.6 Å². The predicted molar refractivity (Wildman–Crippen MR) is 53.8 cm³/mol. The first-order chi connectivity index (χ1) is 6.37. The maximum Gasteiger partial charge on any atom is 0.0651 e. The van der Waals surface area contributed by atoms with Crippen LogP contribution in [0.15, 0.2) is 0 Å². The van der Waals surface area contributed by atoms with E-state index in [1.807, 2.05) is 0 Å². The third-order valence-electron chi connectivity index (χ3n) is 3.77. The Morgan fingerprint density at radius 1 is 1.46 bits per heavy atom. The summed E-state index contributed by atoms with van der Waals surface area (Å²) in [5.74, 6) is 0.849. The zero-order chi connectivity index (χ0) is 9.15. The average molecular weight is 183 g/mol. The fourth-order valence-electron chi connectivity index (χ4n) is 2.93. The maximum absolute atomic E-state index is 5.63. The third-order valence-corrected chi connectivity index (χ3v) is 3.77. The summed E-state index contributed by atoms with van der Waals surface area (Å²) in [6.45, 7) is 5.43. The molecular weight excluding hydrogens is 162 g/mol. The van der Waals surface area contributed by atoms with Gasteiger partial charge in [0, 0.05) is 12.1 Å². The SMILES string of the molecule is CC[C@H]1CCOC[C@]12CCCCN2. The first-order valence-corrected chi connectivity index (χ1v) is 5.70. The lowest BCUT2D eigenvalue weighted by Gasteiger charge is -2.47. The van der Waals surface area contributed by atoms with Crippen molar-refractivity contribution >= 4 is 0 Å². The molecule has 2 nitrogen and oxygen atoms in total. The normalized spacial score (nSPS) is 40.8. The zero-order valence-corrected chi connectivity index (χ0v) is 8.64. The van der Waals surface area contributed by atoms with E-state index in [-0.39, 0.29) is 0 Å². The number of hydrogen-bond acceptors (Lipinski definition) is 2. The summed E-state index contributed by atoms with van der Waals surface area (Å²) in [7, 11) is 0. The van der Waals surface area contributed by atoms with Gasteiger partial charge in [-0.05, 0) is 31.7 Å². The van der Waals surface area contributed by atoms with Crippen molar-refractivity contribution in [3.8, 4) is 0 Å². The number of piperidine rings is 1. The molecule has 13 heavy (non-hydrogen) atoms. The lowest BCUT2D eigenvalue weighted by molar-refractivity contribution is -0.0337. The van der Waals surface area contributed by atoms with Crippen LogP contribution in [0.1, 0.15) is 39.0 Å². The molecule has 0 unspecified atom stereocenters. The number of nitrogens with one attached hydrogen (secondary N) is 1.